The molecule has 5 nitrogen and oxygen atoms in total. The summed E-state index contributed by atoms with van der Waals surface area (Å²) in [6.45, 7) is 2.70. The average Bonchev–Trinajstić information content (AvgIpc) is 2.64. The van der Waals surface area contributed by atoms with E-state index in [1.807, 2.05) is 0 Å². The summed E-state index contributed by atoms with van der Waals surface area (Å²) in [6, 6.07) is 5.25. The van der Waals surface area contributed by atoms with E-state index < -0.39 is 5.97 Å². The quantitative estimate of drug-likeness (QED) is 0.885. The maximum atomic E-state index is 11.4. The number of hydrogen-bond donors (Lipinski definition) is 1. The predicted octanol–water partition coefficient (Wildman–Crippen LogP) is 3.06. The second-order valence-corrected chi connectivity index (χ2v) is 5.83. The Bertz CT molecular complexity index is 660. The molecule has 0 aromatic carbocycles. The van der Waals surface area contributed by atoms with Crippen LogP contribution in [0.5, 0.6) is 0 Å². The average molecular weight is 308 g/mol. The van der Waals surface area contributed by atoms with Gasteiger partial charge in [-0.05, 0) is 38.1 Å². The molecule has 0 atom stereocenters. The smallest absolute Gasteiger partial charge is 0.356 e. The second-order valence-electron chi connectivity index (χ2n) is 5.44. The van der Waals surface area contributed by atoms with Gasteiger partial charge < -0.3 is 5.11 Å². The molecular formula is C15H18ClN3O2. The largest absolute Gasteiger partial charge is 0.476 e. The fourth-order valence-electron chi connectivity index (χ4n) is 2.92. The fraction of sp³-hybridized carbons (Fsp3) is 0.467. The lowest BCUT2D eigenvalue weighted by Crippen LogP contribution is -2.25. The van der Waals surface area contributed by atoms with E-state index in [2.05, 4.69) is 9.88 Å². The first kappa shape index (κ1) is 14.4. The zero-order valence-electron chi connectivity index (χ0n) is 11.8. The zero-order valence-corrected chi connectivity index (χ0v) is 12.5. The standard InChI is InChI=1S/C15H18ClN3O2/c16-12-7-5-6-11-14(15(20)21)17-13(19(11)12)10-18-8-3-1-2-4-9-18/h5-7H,1-4,8-10H2,(H,20,21). The Morgan fingerprint density at radius 2 is 1.95 bits per heavy atom. The Kier molecular flexibility index (Phi) is 4.12. The van der Waals surface area contributed by atoms with Gasteiger partial charge in [0, 0.05) is 0 Å². The third-order valence-electron chi connectivity index (χ3n) is 3.95. The molecule has 1 saturated heterocycles. The van der Waals surface area contributed by atoms with Crippen LogP contribution in [0.25, 0.3) is 5.52 Å². The number of rotatable bonds is 3. The highest BCUT2D eigenvalue weighted by Gasteiger charge is 2.20. The monoisotopic (exact) mass is 307 g/mol. The minimum absolute atomic E-state index is 0.0716. The van der Waals surface area contributed by atoms with Crippen LogP contribution in [0.15, 0.2) is 18.2 Å². The normalized spacial score (nSPS) is 17.0. The summed E-state index contributed by atoms with van der Waals surface area (Å²) in [7, 11) is 0. The van der Waals surface area contributed by atoms with Crippen molar-refractivity contribution in [2.45, 2.75) is 32.2 Å². The molecule has 1 N–H and O–H groups in total. The van der Waals surface area contributed by atoms with Gasteiger partial charge in [0.25, 0.3) is 0 Å². The van der Waals surface area contributed by atoms with Crippen LogP contribution in [0.2, 0.25) is 5.15 Å². The van der Waals surface area contributed by atoms with Crippen molar-refractivity contribution >= 4 is 23.1 Å². The molecule has 1 fully saturated rings. The van der Waals surface area contributed by atoms with Crippen molar-refractivity contribution in [3.63, 3.8) is 0 Å². The Morgan fingerprint density at radius 1 is 1.24 bits per heavy atom. The van der Waals surface area contributed by atoms with Gasteiger partial charge in [0.1, 0.15) is 11.0 Å². The number of aromatic carboxylic acids is 1. The van der Waals surface area contributed by atoms with E-state index in [0.717, 1.165) is 13.1 Å². The summed E-state index contributed by atoms with van der Waals surface area (Å²) in [5.41, 5.74) is 0.627. The third-order valence-corrected chi connectivity index (χ3v) is 4.25. The van der Waals surface area contributed by atoms with E-state index in [1.165, 1.54) is 25.7 Å². The maximum Gasteiger partial charge on any atom is 0.356 e. The predicted molar refractivity (Wildman–Crippen MR) is 80.9 cm³/mol. The third kappa shape index (κ3) is 2.89. The van der Waals surface area contributed by atoms with Gasteiger partial charge in [-0.1, -0.05) is 30.5 Å². The van der Waals surface area contributed by atoms with Crippen molar-refractivity contribution in [3.05, 3.63) is 34.9 Å². The molecule has 3 rings (SSSR count). The van der Waals surface area contributed by atoms with Gasteiger partial charge in [-0.15, -0.1) is 0 Å². The molecule has 0 radical (unpaired) electrons. The van der Waals surface area contributed by atoms with Crippen LogP contribution in [0, 0.1) is 0 Å². The number of pyridine rings is 1. The number of carboxylic acids is 1. The first-order valence-corrected chi connectivity index (χ1v) is 7.66. The van der Waals surface area contributed by atoms with Crippen LogP contribution >= 0.6 is 11.6 Å². The summed E-state index contributed by atoms with van der Waals surface area (Å²) in [4.78, 5) is 18.0. The van der Waals surface area contributed by atoms with Gasteiger partial charge in [-0.2, -0.15) is 0 Å². The van der Waals surface area contributed by atoms with Crippen LogP contribution in [0.4, 0.5) is 0 Å². The molecule has 0 saturated carbocycles. The molecule has 0 amide bonds. The molecule has 1 aliphatic heterocycles. The van der Waals surface area contributed by atoms with E-state index in [-0.39, 0.29) is 5.69 Å². The maximum absolute atomic E-state index is 11.4. The number of likely N-dealkylation sites (tertiary alicyclic amines) is 1. The molecule has 112 valence electrons. The number of hydrogen-bond acceptors (Lipinski definition) is 3. The first-order chi connectivity index (χ1) is 10.2. The molecule has 3 heterocycles. The molecule has 0 bridgehead atoms. The zero-order chi connectivity index (χ0) is 14.8. The number of carbonyl (C=O) groups is 1. The van der Waals surface area contributed by atoms with Gasteiger partial charge in [-0.3, -0.25) is 9.30 Å². The van der Waals surface area contributed by atoms with Crippen molar-refractivity contribution in [3.8, 4) is 0 Å². The van der Waals surface area contributed by atoms with Crippen LogP contribution in [0.3, 0.4) is 0 Å². The Morgan fingerprint density at radius 3 is 2.62 bits per heavy atom. The van der Waals surface area contributed by atoms with Gasteiger partial charge in [0.15, 0.2) is 5.69 Å². The van der Waals surface area contributed by atoms with E-state index in [4.69, 9.17) is 11.6 Å². The SMILES string of the molecule is O=C(O)c1nc(CN2CCCCCC2)n2c(Cl)cccc12. The number of halogens is 1. The summed E-state index contributed by atoms with van der Waals surface area (Å²) in [6.07, 6.45) is 4.89. The first-order valence-electron chi connectivity index (χ1n) is 7.28. The minimum Gasteiger partial charge on any atom is -0.476 e. The number of carboxylic acid groups (broad SMARTS) is 1. The molecule has 6 heteroatoms. The molecular weight excluding hydrogens is 290 g/mol. The topological polar surface area (TPSA) is 57.8 Å². The van der Waals surface area contributed by atoms with Gasteiger partial charge >= 0.3 is 5.97 Å². The van der Waals surface area contributed by atoms with Gasteiger partial charge in [0.05, 0.1) is 12.1 Å². The molecule has 2 aromatic heterocycles. The van der Waals surface area contributed by atoms with Crippen LogP contribution < -0.4 is 0 Å². The fourth-order valence-corrected chi connectivity index (χ4v) is 3.19. The van der Waals surface area contributed by atoms with Crippen molar-refractivity contribution < 1.29 is 9.90 Å². The molecule has 1 aliphatic rings. The van der Waals surface area contributed by atoms with Crippen molar-refractivity contribution in [1.29, 1.82) is 0 Å². The lowest BCUT2D eigenvalue weighted by atomic mass is 10.2. The Labute approximate surface area is 128 Å². The van der Waals surface area contributed by atoms with Crippen LogP contribution in [-0.4, -0.2) is 38.4 Å². The highest BCUT2D eigenvalue weighted by Crippen LogP contribution is 2.21. The molecule has 0 spiro atoms. The van der Waals surface area contributed by atoms with E-state index in [0.29, 0.717) is 23.0 Å². The molecule has 2 aromatic rings. The number of aromatic nitrogens is 2. The number of nitrogens with zero attached hydrogens (tertiary/aromatic N) is 3. The lowest BCUT2D eigenvalue weighted by molar-refractivity contribution is 0.0693. The number of imidazole rings is 1. The number of fused-ring (bicyclic) bond motifs is 1. The molecule has 0 unspecified atom stereocenters. The Balaban J connectivity index is 1.99. The van der Waals surface area contributed by atoms with E-state index in [9.17, 15) is 9.90 Å². The van der Waals surface area contributed by atoms with Gasteiger partial charge in [0.2, 0.25) is 0 Å². The van der Waals surface area contributed by atoms with Crippen LogP contribution in [0.1, 0.15) is 42.0 Å². The summed E-state index contributed by atoms with van der Waals surface area (Å²) >= 11 is 6.24. The minimum atomic E-state index is -1.02. The summed E-state index contributed by atoms with van der Waals surface area (Å²) < 4.78 is 1.75. The van der Waals surface area contributed by atoms with Crippen molar-refractivity contribution in [2.75, 3.05) is 13.1 Å². The van der Waals surface area contributed by atoms with E-state index in [1.54, 1.807) is 22.6 Å². The van der Waals surface area contributed by atoms with Crippen molar-refractivity contribution in [1.82, 2.24) is 14.3 Å². The summed E-state index contributed by atoms with van der Waals surface area (Å²) in [5, 5.41) is 9.80. The van der Waals surface area contributed by atoms with Crippen molar-refractivity contribution in [2.24, 2.45) is 0 Å². The highest BCUT2D eigenvalue weighted by atomic mass is 35.5. The molecule has 0 aliphatic carbocycles. The highest BCUT2D eigenvalue weighted by molar-refractivity contribution is 6.29. The summed E-state index contributed by atoms with van der Waals surface area (Å²) in [5.74, 6) is -0.313. The lowest BCUT2D eigenvalue weighted by Gasteiger charge is -2.18. The van der Waals surface area contributed by atoms with Crippen LogP contribution in [-0.2, 0) is 6.54 Å². The van der Waals surface area contributed by atoms with Gasteiger partial charge in [-0.25, -0.2) is 9.78 Å². The molecule has 21 heavy (non-hydrogen) atoms. The Hall–Kier alpha value is -1.59. The second kappa shape index (κ2) is 6.03. The van der Waals surface area contributed by atoms with E-state index >= 15 is 0 Å².